The Kier molecular flexibility index (Phi) is 4.76. The van der Waals surface area contributed by atoms with Crippen molar-refractivity contribution in [3.63, 3.8) is 0 Å². The summed E-state index contributed by atoms with van der Waals surface area (Å²) in [5.74, 6) is 1.32. The molecule has 23 heavy (non-hydrogen) atoms. The van der Waals surface area contributed by atoms with Gasteiger partial charge in [-0.15, -0.1) is 10.2 Å². The van der Waals surface area contributed by atoms with Crippen molar-refractivity contribution in [2.24, 2.45) is 0 Å². The molecule has 0 aliphatic carbocycles. The van der Waals surface area contributed by atoms with Gasteiger partial charge in [-0.25, -0.2) is 0 Å². The zero-order valence-corrected chi connectivity index (χ0v) is 13.8. The number of benzene rings is 1. The number of hydrogen-bond acceptors (Lipinski definition) is 5. The maximum absolute atomic E-state index is 11.6. The summed E-state index contributed by atoms with van der Waals surface area (Å²) in [4.78, 5) is 24.5. The second-order valence-corrected chi connectivity index (χ2v) is 6.27. The van der Waals surface area contributed by atoms with Crippen molar-refractivity contribution >= 4 is 23.6 Å². The number of carbonyl (C=O) groups is 2. The lowest BCUT2D eigenvalue weighted by Crippen LogP contribution is -2.31. The van der Waals surface area contributed by atoms with Crippen LogP contribution in [0.4, 0.5) is 0 Å². The van der Waals surface area contributed by atoms with E-state index in [1.54, 1.807) is 0 Å². The molecule has 0 N–H and O–H groups in total. The van der Waals surface area contributed by atoms with Gasteiger partial charge in [0.25, 0.3) is 0 Å². The number of imide groups is 1. The van der Waals surface area contributed by atoms with Gasteiger partial charge < -0.3 is 4.57 Å². The van der Waals surface area contributed by atoms with E-state index in [1.807, 2.05) is 41.8 Å². The molecule has 7 heteroatoms. The van der Waals surface area contributed by atoms with E-state index in [4.69, 9.17) is 0 Å². The fourth-order valence-electron chi connectivity index (χ4n) is 2.58. The van der Waals surface area contributed by atoms with E-state index < -0.39 is 0 Å². The van der Waals surface area contributed by atoms with Crippen molar-refractivity contribution in [2.45, 2.75) is 31.5 Å². The molecule has 0 saturated carbocycles. The highest BCUT2D eigenvalue weighted by Gasteiger charge is 2.28. The molecule has 1 aliphatic heterocycles. The molecule has 1 saturated heterocycles. The van der Waals surface area contributed by atoms with Gasteiger partial charge in [0.2, 0.25) is 11.8 Å². The Morgan fingerprint density at radius 1 is 1.09 bits per heavy atom. The number of thioether (sulfide) groups is 1. The minimum absolute atomic E-state index is 0.0717. The molecular formula is C16H18N4O2S. The van der Waals surface area contributed by atoms with Gasteiger partial charge in [0.1, 0.15) is 0 Å². The molecule has 6 nitrogen and oxygen atoms in total. The van der Waals surface area contributed by atoms with E-state index in [-0.39, 0.29) is 11.8 Å². The quantitative estimate of drug-likeness (QED) is 0.600. The van der Waals surface area contributed by atoms with Crippen molar-refractivity contribution in [2.75, 3.05) is 12.3 Å². The van der Waals surface area contributed by atoms with Crippen LogP contribution in [0.25, 0.3) is 11.4 Å². The van der Waals surface area contributed by atoms with Gasteiger partial charge in [-0.3, -0.25) is 14.5 Å². The largest absolute Gasteiger partial charge is 0.302 e. The summed E-state index contributed by atoms with van der Waals surface area (Å²) in [6.07, 6.45) is 0.680. The van der Waals surface area contributed by atoms with Crippen LogP contribution in [0.1, 0.15) is 19.8 Å². The standard InChI is InChI=1S/C16H18N4O2S/c1-2-19-15(12-6-4-3-5-7-12)17-18-16(19)23-11-10-20-13(21)8-9-14(20)22/h3-7H,2,8-11H2,1H3. The van der Waals surface area contributed by atoms with Gasteiger partial charge in [-0.2, -0.15) is 0 Å². The van der Waals surface area contributed by atoms with Crippen LogP contribution >= 0.6 is 11.8 Å². The number of rotatable bonds is 6. The monoisotopic (exact) mass is 330 g/mol. The maximum Gasteiger partial charge on any atom is 0.229 e. The summed E-state index contributed by atoms with van der Waals surface area (Å²) in [7, 11) is 0. The average Bonchev–Trinajstić information content (AvgIpc) is 3.13. The first kappa shape index (κ1) is 15.7. The first-order chi connectivity index (χ1) is 11.2. The molecule has 0 radical (unpaired) electrons. The van der Waals surface area contributed by atoms with Crippen LogP contribution in [0.2, 0.25) is 0 Å². The van der Waals surface area contributed by atoms with Crippen LogP contribution in [0, 0.1) is 0 Å². The Hall–Kier alpha value is -2.15. The van der Waals surface area contributed by atoms with E-state index in [0.29, 0.717) is 25.1 Å². The summed E-state index contributed by atoms with van der Waals surface area (Å²) in [6.45, 7) is 3.24. The van der Waals surface area contributed by atoms with Gasteiger partial charge >= 0.3 is 0 Å². The third kappa shape index (κ3) is 3.29. The van der Waals surface area contributed by atoms with Crippen molar-refractivity contribution in [3.8, 4) is 11.4 Å². The van der Waals surface area contributed by atoms with E-state index in [1.165, 1.54) is 16.7 Å². The molecule has 3 rings (SSSR count). The highest BCUT2D eigenvalue weighted by molar-refractivity contribution is 7.99. The summed E-state index contributed by atoms with van der Waals surface area (Å²) >= 11 is 1.52. The van der Waals surface area contributed by atoms with Crippen molar-refractivity contribution < 1.29 is 9.59 Å². The van der Waals surface area contributed by atoms with E-state index in [0.717, 1.165) is 23.1 Å². The van der Waals surface area contributed by atoms with E-state index in [2.05, 4.69) is 10.2 Å². The predicted octanol–water partition coefficient (Wildman–Crippen LogP) is 2.21. The molecule has 1 aromatic heterocycles. The lowest BCUT2D eigenvalue weighted by molar-refractivity contribution is -0.137. The summed E-state index contributed by atoms with van der Waals surface area (Å²) in [5, 5.41) is 9.35. The average molecular weight is 330 g/mol. The zero-order chi connectivity index (χ0) is 16.2. The molecule has 1 fully saturated rings. The second-order valence-electron chi connectivity index (χ2n) is 5.20. The Morgan fingerprint density at radius 2 is 1.78 bits per heavy atom. The lowest BCUT2D eigenvalue weighted by atomic mass is 10.2. The predicted molar refractivity (Wildman–Crippen MR) is 87.8 cm³/mol. The second kappa shape index (κ2) is 6.95. The third-order valence-electron chi connectivity index (χ3n) is 3.77. The van der Waals surface area contributed by atoms with Gasteiger partial charge in [-0.1, -0.05) is 42.1 Å². The molecular weight excluding hydrogens is 312 g/mol. The van der Waals surface area contributed by atoms with Gasteiger partial charge in [-0.05, 0) is 6.92 Å². The highest BCUT2D eigenvalue weighted by Crippen LogP contribution is 2.24. The minimum Gasteiger partial charge on any atom is -0.302 e. The number of aromatic nitrogens is 3. The van der Waals surface area contributed by atoms with Crippen LogP contribution in [-0.2, 0) is 16.1 Å². The number of nitrogens with zero attached hydrogens (tertiary/aromatic N) is 4. The van der Waals surface area contributed by atoms with Gasteiger partial charge in [0, 0.05) is 37.2 Å². The molecule has 1 aliphatic rings. The molecule has 0 atom stereocenters. The smallest absolute Gasteiger partial charge is 0.229 e. The SMILES string of the molecule is CCn1c(SCCN2C(=O)CCC2=O)nnc1-c1ccccc1. The normalized spacial score (nSPS) is 14.7. The van der Waals surface area contributed by atoms with Crippen LogP contribution in [-0.4, -0.2) is 43.8 Å². The van der Waals surface area contributed by atoms with E-state index >= 15 is 0 Å². The summed E-state index contributed by atoms with van der Waals surface area (Å²) in [5.41, 5.74) is 1.03. The van der Waals surface area contributed by atoms with Gasteiger partial charge in [0.05, 0.1) is 0 Å². The first-order valence-corrected chi connectivity index (χ1v) is 8.64. The maximum atomic E-state index is 11.6. The molecule has 0 spiro atoms. The molecule has 0 bridgehead atoms. The molecule has 2 amide bonds. The molecule has 0 unspecified atom stereocenters. The van der Waals surface area contributed by atoms with Crippen LogP contribution < -0.4 is 0 Å². The Bertz CT molecular complexity index is 698. The topological polar surface area (TPSA) is 68.1 Å². The number of amides is 2. The van der Waals surface area contributed by atoms with Crippen molar-refractivity contribution in [1.29, 1.82) is 0 Å². The van der Waals surface area contributed by atoms with Crippen LogP contribution in [0.15, 0.2) is 35.5 Å². The number of likely N-dealkylation sites (tertiary alicyclic amines) is 1. The lowest BCUT2D eigenvalue weighted by Gasteiger charge is -2.13. The van der Waals surface area contributed by atoms with Gasteiger partial charge in [0.15, 0.2) is 11.0 Å². The number of hydrogen-bond donors (Lipinski definition) is 0. The first-order valence-electron chi connectivity index (χ1n) is 7.65. The van der Waals surface area contributed by atoms with E-state index in [9.17, 15) is 9.59 Å². The fraction of sp³-hybridized carbons (Fsp3) is 0.375. The van der Waals surface area contributed by atoms with Crippen molar-refractivity contribution in [3.05, 3.63) is 30.3 Å². The fourth-order valence-corrected chi connectivity index (χ4v) is 3.51. The molecule has 1 aromatic carbocycles. The third-order valence-corrected chi connectivity index (χ3v) is 4.71. The van der Waals surface area contributed by atoms with Crippen molar-refractivity contribution in [1.82, 2.24) is 19.7 Å². The summed E-state index contributed by atoms with van der Waals surface area (Å²) in [6, 6.07) is 9.93. The summed E-state index contributed by atoms with van der Waals surface area (Å²) < 4.78 is 2.05. The highest BCUT2D eigenvalue weighted by atomic mass is 32.2. The molecule has 2 aromatic rings. The van der Waals surface area contributed by atoms with Crippen LogP contribution in [0.5, 0.6) is 0 Å². The molecule has 120 valence electrons. The Labute approximate surface area is 138 Å². The van der Waals surface area contributed by atoms with Crippen LogP contribution in [0.3, 0.4) is 0 Å². The molecule has 2 heterocycles. The Morgan fingerprint density at radius 3 is 2.43 bits per heavy atom. The minimum atomic E-state index is -0.0717. The zero-order valence-electron chi connectivity index (χ0n) is 12.9. The Balaban J connectivity index is 1.68. The number of carbonyl (C=O) groups excluding carboxylic acids is 2.